The summed E-state index contributed by atoms with van der Waals surface area (Å²) in [7, 11) is 2.99. The molecule has 0 aromatic heterocycles. The molecule has 9 nitrogen and oxygen atoms in total. The van der Waals surface area contributed by atoms with Crippen molar-refractivity contribution in [1.82, 2.24) is 5.43 Å². The monoisotopic (exact) mass is 537 g/mol. The zero-order valence-corrected chi connectivity index (χ0v) is 22.1. The molecule has 0 atom stereocenters. The fourth-order valence-electron chi connectivity index (χ4n) is 3.69. The van der Waals surface area contributed by atoms with Gasteiger partial charge in [-0.15, -0.1) is 0 Å². The third-order valence-electron chi connectivity index (χ3n) is 5.76. The van der Waals surface area contributed by atoms with E-state index in [0.29, 0.717) is 39.4 Å². The molecule has 0 spiro atoms. The quantitative estimate of drug-likeness (QED) is 0.130. The number of nitrogens with one attached hydrogen (secondary N) is 2. The molecule has 40 heavy (non-hydrogen) atoms. The van der Waals surface area contributed by atoms with Gasteiger partial charge in [-0.2, -0.15) is 5.10 Å². The summed E-state index contributed by atoms with van der Waals surface area (Å²) in [6, 6.07) is 25.2. The molecule has 0 fully saturated rings. The predicted octanol–water partition coefficient (Wildman–Crippen LogP) is 5.25. The van der Waals surface area contributed by atoms with Crippen molar-refractivity contribution in [2.45, 2.75) is 6.92 Å². The van der Waals surface area contributed by atoms with Crippen LogP contribution in [-0.4, -0.2) is 38.2 Å². The molecule has 4 aromatic carbocycles. The lowest BCUT2D eigenvalue weighted by atomic mass is 10.1. The van der Waals surface area contributed by atoms with Crippen molar-refractivity contribution < 1.29 is 28.6 Å². The molecule has 4 rings (SSSR count). The standard InChI is InChI=1S/C31H27N3O6/c1-20-6-4-7-23(16-20)29(35)33-25-9-5-8-24(18-25)30(36)34-32-19-21-10-15-27(28(17-21)39-3)40-31(37)22-11-13-26(38-2)14-12-22/h4-19H,1-3H3,(H,33,35)(H,34,36). The number of carbonyl (C=O) groups is 3. The minimum Gasteiger partial charge on any atom is -0.497 e. The van der Waals surface area contributed by atoms with E-state index in [-0.39, 0.29) is 11.7 Å². The van der Waals surface area contributed by atoms with Crippen LogP contribution in [0.5, 0.6) is 17.2 Å². The molecule has 0 radical (unpaired) electrons. The number of nitrogens with zero attached hydrogens (tertiary/aromatic N) is 1. The van der Waals surface area contributed by atoms with Crippen molar-refractivity contribution in [3.63, 3.8) is 0 Å². The Hall–Kier alpha value is -5.44. The fraction of sp³-hybridized carbons (Fsp3) is 0.0968. The first-order valence-corrected chi connectivity index (χ1v) is 12.2. The molecule has 0 saturated heterocycles. The van der Waals surface area contributed by atoms with Crippen molar-refractivity contribution in [2.75, 3.05) is 19.5 Å². The Morgan fingerprint density at radius 2 is 1.45 bits per heavy atom. The summed E-state index contributed by atoms with van der Waals surface area (Å²) in [5.41, 5.74) is 5.71. The number of amides is 2. The number of hydrazone groups is 1. The summed E-state index contributed by atoms with van der Waals surface area (Å²) in [6.45, 7) is 1.91. The molecule has 0 bridgehead atoms. The zero-order chi connectivity index (χ0) is 28.5. The Kier molecular flexibility index (Phi) is 8.88. The largest absolute Gasteiger partial charge is 0.497 e. The van der Waals surface area contributed by atoms with Crippen LogP contribution in [0.1, 0.15) is 42.2 Å². The average Bonchev–Trinajstić information content (AvgIpc) is 2.97. The number of esters is 1. The van der Waals surface area contributed by atoms with Gasteiger partial charge < -0.3 is 19.5 Å². The van der Waals surface area contributed by atoms with Crippen LogP contribution in [-0.2, 0) is 0 Å². The maximum Gasteiger partial charge on any atom is 0.343 e. The summed E-state index contributed by atoms with van der Waals surface area (Å²) in [6.07, 6.45) is 1.43. The Morgan fingerprint density at radius 3 is 2.15 bits per heavy atom. The summed E-state index contributed by atoms with van der Waals surface area (Å²) < 4.78 is 15.9. The second-order valence-electron chi connectivity index (χ2n) is 8.63. The number of hydrogen-bond donors (Lipinski definition) is 2. The highest BCUT2D eigenvalue weighted by Gasteiger charge is 2.13. The van der Waals surface area contributed by atoms with E-state index in [4.69, 9.17) is 14.2 Å². The second-order valence-corrected chi connectivity index (χ2v) is 8.63. The van der Waals surface area contributed by atoms with Gasteiger partial charge in [0, 0.05) is 16.8 Å². The molecule has 2 amide bonds. The van der Waals surface area contributed by atoms with E-state index in [9.17, 15) is 14.4 Å². The van der Waals surface area contributed by atoms with Crippen LogP contribution in [0.25, 0.3) is 0 Å². The summed E-state index contributed by atoms with van der Waals surface area (Å²) >= 11 is 0. The van der Waals surface area contributed by atoms with Crippen molar-refractivity contribution in [3.05, 3.63) is 119 Å². The molecule has 9 heteroatoms. The van der Waals surface area contributed by atoms with Gasteiger partial charge in [0.25, 0.3) is 11.8 Å². The van der Waals surface area contributed by atoms with E-state index < -0.39 is 11.9 Å². The minimum atomic E-state index is -0.549. The first kappa shape index (κ1) is 27.6. The van der Waals surface area contributed by atoms with Crippen molar-refractivity contribution in [3.8, 4) is 17.2 Å². The average molecular weight is 538 g/mol. The minimum absolute atomic E-state index is 0.231. The third-order valence-corrected chi connectivity index (χ3v) is 5.76. The van der Waals surface area contributed by atoms with E-state index in [2.05, 4.69) is 15.8 Å². The van der Waals surface area contributed by atoms with Crippen LogP contribution in [0, 0.1) is 6.92 Å². The molecule has 0 aliphatic carbocycles. The summed E-state index contributed by atoms with van der Waals surface area (Å²) in [5.74, 6) is -0.108. The van der Waals surface area contributed by atoms with Gasteiger partial charge in [0.2, 0.25) is 0 Å². The number of benzene rings is 4. The molecule has 0 saturated carbocycles. The van der Waals surface area contributed by atoms with E-state index in [1.165, 1.54) is 13.3 Å². The number of hydrogen-bond acceptors (Lipinski definition) is 7. The number of rotatable bonds is 9. The first-order valence-electron chi connectivity index (χ1n) is 12.2. The number of anilines is 1. The summed E-state index contributed by atoms with van der Waals surface area (Å²) in [5, 5.41) is 6.81. The van der Waals surface area contributed by atoms with Crippen molar-refractivity contribution >= 4 is 29.7 Å². The van der Waals surface area contributed by atoms with Gasteiger partial charge in [0.05, 0.1) is 26.0 Å². The molecule has 4 aromatic rings. The second kappa shape index (κ2) is 12.9. The van der Waals surface area contributed by atoms with Gasteiger partial charge in [-0.05, 0) is 85.3 Å². The maximum atomic E-state index is 12.6. The van der Waals surface area contributed by atoms with E-state index in [1.807, 2.05) is 19.1 Å². The smallest absolute Gasteiger partial charge is 0.343 e. The van der Waals surface area contributed by atoms with E-state index in [0.717, 1.165) is 5.56 Å². The van der Waals surface area contributed by atoms with Crippen molar-refractivity contribution in [2.24, 2.45) is 5.10 Å². The highest BCUT2D eigenvalue weighted by Crippen LogP contribution is 2.28. The van der Waals surface area contributed by atoms with Crippen LogP contribution in [0.2, 0.25) is 0 Å². The predicted molar refractivity (Wildman–Crippen MR) is 152 cm³/mol. The Labute approximate surface area is 231 Å². The highest BCUT2D eigenvalue weighted by molar-refractivity contribution is 6.05. The molecule has 0 aliphatic heterocycles. The zero-order valence-electron chi connectivity index (χ0n) is 22.1. The topological polar surface area (TPSA) is 115 Å². The summed E-state index contributed by atoms with van der Waals surface area (Å²) in [4.78, 5) is 37.7. The number of methoxy groups -OCH3 is 2. The van der Waals surface area contributed by atoms with Gasteiger partial charge in [-0.3, -0.25) is 9.59 Å². The van der Waals surface area contributed by atoms with Crippen LogP contribution in [0.3, 0.4) is 0 Å². The van der Waals surface area contributed by atoms with Gasteiger partial charge >= 0.3 is 5.97 Å². The van der Waals surface area contributed by atoms with Crippen LogP contribution in [0.4, 0.5) is 5.69 Å². The van der Waals surface area contributed by atoms with Crippen LogP contribution < -0.4 is 25.0 Å². The number of carbonyl (C=O) groups excluding carboxylic acids is 3. The van der Waals surface area contributed by atoms with Gasteiger partial charge in [0.15, 0.2) is 11.5 Å². The lowest BCUT2D eigenvalue weighted by Gasteiger charge is -2.10. The molecule has 202 valence electrons. The fourth-order valence-corrected chi connectivity index (χ4v) is 3.69. The first-order chi connectivity index (χ1) is 19.4. The molecule has 0 aliphatic rings. The van der Waals surface area contributed by atoms with E-state index in [1.54, 1.807) is 86.0 Å². The molecule has 2 N–H and O–H groups in total. The lowest BCUT2D eigenvalue weighted by molar-refractivity contribution is 0.0729. The van der Waals surface area contributed by atoms with Gasteiger partial charge in [0.1, 0.15) is 5.75 Å². The number of aryl methyl sites for hydroxylation is 1. The third kappa shape index (κ3) is 7.11. The molecular weight excluding hydrogens is 510 g/mol. The Balaban J connectivity index is 1.37. The Bertz CT molecular complexity index is 1560. The lowest BCUT2D eigenvalue weighted by Crippen LogP contribution is -2.18. The highest BCUT2D eigenvalue weighted by atomic mass is 16.6. The van der Waals surface area contributed by atoms with Crippen LogP contribution in [0.15, 0.2) is 96.1 Å². The maximum absolute atomic E-state index is 12.6. The number of ether oxygens (including phenoxy) is 3. The van der Waals surface area contributed by atoms with Gasteiger partial charge in [-0.25, -0.2) is 10.2 Å². The van der Waals surface area contributed by atoms with Crippen molar-refractivity contribution in [1.29, 1.82) is 0 Å². The van der Waals surface area contributed by atoms with E-state index >= 15 is 0 Å². The molecular formula is C31H27N3O6. The van der Waals surface area contributed by atoms with Crippen LogP contribution >= 0.6 is 0 Å². The molecule has 0 unspecified atom stereocenters. The molecule has 0 heterocycles. The normalized spacial score (nSPS) is 10.6. The van der Waals surface area contributed by atoms with Gasteiger partial charge in [-0.1, -0.05) is 23.8 Å². The Morgan fingerprint density at radius 1 is 0.725 bits per heavy atom. The SMILES string of the molecule is COc1ccc(C(=O)Oc2ccc(C=NNC(=O)c3cccc(NC(=O)c4cccc(C)c4)c3)cc2OC)cc1.